The Morgan fingerprint density at radius 2 is 1.64 bits per heavy atom. The number of unbranched alkanes of at least 4 members (excludes halogenated alkanes) is 2. The van der Waals surface area contributed by atoms with Gasteiger partial charge in [-0.1, -0.05) is 32.6 Å². The molecule has 1 saturated heterocycles. The summed E-state index contributed by atoms with van der Waals surface area (Å²) in [5.74, 6) is -0.282. The van der Waals surface area contributed by atoms with Crippen molar-refractivity contribution in [3.05, 3.63) is 24.3 Å². The minimum atomic E-state index is -0.249. The summed E-state index contributed by atoms with van der Waals surface area (Å²) >= 11 is 0. The summed E-state index contributed by atoms with van der Waals surface area (Å²) in [5.41, 5.74) is 0.565. The number of fused-ring (bicyclic) bond motifs is 1. The van der Waals surface area contributed by atoms with E-state index in [2.05, 4.69) is 6.92 Å². The van der Waals surface area contributed by atoms with E-state index in [1.807, 2.05) is 0 Å². The van der Waals surface area contributed by atoms with Crippen LogP contribution < -0.4 is 9.64 Å². The molecule has 0 bridgehead atoms. The second kappa shape index (κ2) is 7.81. The molecule has 134 valence electrons. The number of rotatable bonds is 6. The minimum Gasteiger partial charge on any atom is -0.427 e. The lowest BCUT2D eigenvalue weighted by Gasteiger charge is -2.19. The van der Waals surface area contributed by atoms with Gasteiger partial charge in [-0.05, 0) is 43.5 Å². The van der Waals surface area contributed by atoms with E-state index in [9.17, 15) is 14.4 Å². The molecule has 0 unspecified atom stereocenters. The quantitative estimate of drug-likeness (QED) is 0.341. The molecule has 1 saturated carbocycles. The molecule has 25 heavy (non-hydrogen) atoms. The van der Waals surface area contributed by atoms with Crippen molar-refractivity contribution < 1.29 is 19.1 Å². The van der Waals surface area contributed by atoms with Gasteiger partial charge in [0.15, 0.2) is 0 Å². The smallest absolute Gasteiger partial charge is 0.311 e. The maximum absolute atomic E-state index is 12.6. The minimum absolute atomic E-state index is 0.0842. The molecule has 1 aromatic rings. The molecule has 2 aliphatic rings. The summed E-state index contributed by atoms with van der Waals surface area (Å²) in [6.07, 6.45) is 6.94. The van der Waals surface area contributed by atoms with Crippen LogP contribution in [0, 0.1) is 11.8 Å². The van der Waals surface area contributed by atoms with Crippen molar-refractivity contribution in [1.29, 1.82) is 0 Å². The number of carbonyl (C=O) groups is 3. The van der Waals surface area contributed by atoms with Crippen molar-refractivity contribution in [1.82, 2.24) is 0 Å². The lowest BCUT2D eigenvalue weighted by atomic mass is 9.81. The SMILES string of the molecule is CCCCCC(=O)Oc1ccc(N2C(=O)[C@H]3CCCC[C@@H]3C2=O)cc1. The molecule has 3 rings (SSSR count). The van der Waals surface area contributed by atoms with Crippen LogP contribution in [0.2, 0.25) is 0 Å². The predicted molar refractivity (Wildman–Crippen MR) is 94.2 cm³/mol. The van der Waals surface area contributed by atoms with Crippen LogP contribution >= 0.6 is 0 Å². The third-order valence-corrected chi connectivity index (χ3v) is 5.15. The van der Waals surface area contributed by atoms with E-state index < -0.39 is 0 Å². The van der Waals surface area contributed by atoms with E-state index in [-0.39, 0.29) is 29.6 Å². The van der Waals surface area contributed by atoms with Crippen molar-refractivity contribution in [2.75, 3.05) is 4.90 Å². The molecule has 1 heterocycles. The highest BCUT2D eigenvalue weighted by Gasteiger charge is 2.48. The number of hydrogen-bond acceptors (Lipinski definition) is 4. The highest BCUT2D eigenvalue weighted by atomic mass is 16.5. The van der Waals surface area contributed by atoms with Crippen molar-refractivity contribution in [3.8, 4) is 5.75 Å². The maximum Gasteiger partial charge on any atom is 0.311 e. The van der Waals surface area contributed by atoms with E-state index >= 15 is 0 Å². The molecule has 0 spiro atoms. The molecule has 1 aliphatic heterocycles. The second-order valence-corrected chi connectivity index (χ2v) is 6.93. The van der Waals surface area contributed by atoms with Crippen molar-refractivity contribution in [2.24, 2.45) is 11.8 Å². The third kappa shape index (κ3) is 3.75. The zero-order valence-electron chi connectivity index (χ0n) is 14.7. The molecule has 5 heteroatoms. The van der Waals surface area contributed by atoms with Gasteiger partial charge in [0.1, 0.15) is 5.75 Å². The molecule has 1 aliphatic carbocycles. The summed E-state index contributed by atoms with van der Waals surface area (Å²) in [5, 5.41) is 0. The van der Waals surface area contributed by atoms with Crippen LogP contribution in [-0.2, 0) is 14.4 Å². The van der Waals surface area contributed by atoms with Gasteiger partial charge in [0, 0.05) is 6.42 Å². The number of benzene rings is 1. The summed E-state index contributed by atoms with van der Waals surface area (Å²) in [6, 6.07) is 6.66. The lowest BCUT2D eigenvalue weighted by Crippen LogP contribution is -2.30. The number of imide groups is 1. The number of hydrogen-bond donors (Lipinski definition) is 0. The Balaban J connectivity index is 1.65. The van der Waals surface area contributed by atoms with Crippen molar-refractivity contribution >= 4 is 23.5 Å². The molecular weight excluding hydrogens is 318 g/mol. The van der Waals surface area contributed by atoms with Gasteiger partial charge in [0.05, 0.1) is 17.5 Å². The largest absolute Gasteiger partial charge is 0.427 e. The first-order valence-corrected chi connectivity index (χ1v) is 9.30. The topological polar surface area (TPSA) is 63.7 Å². The number of amides is 2. The van der Waals surface area contributed by atoms with Gasteiger partial charge in [-0.15, -0.1) is 0 Å². The third-order valence-electron chi connectivity index (χ3n) is 5.15. The van der Waals surface area contributed by atoms with Gasteiger partial charge in [-0.25, -0.2) is 0 Å². The first kappa shape index (κ1) is 17.6. The van der Waals surface area contributed by atoms with Crippen LogP contribution in [0.3, 0.4) is 0 Å². The van der Waals surface area contributed by atoms with Crippen LogP contribution in [0.15, 0.2) is 24.3 Å². The first-order chi connectivity index (χ1) is 12.1. The molecule has 0 radical (unpaired) electrons. The average Bonchev–Trinajstić information content (AvgIpc) is 2.88. The van der Waals surface area contributed by atoms with Crippen LogP contribution in [0.4, 0.5) is 5.69 Å². The molecule has 2 fully saturated rings. The lowest BCUT2D eigenvalue weighted by molar-refractivity contribution is -0.134. The highest BCUT2D eigenvalue weighted by Crippen LogP contribution is 2.40. The molecule has 1 aromatic carbocycles. The molecular formula is C20H25NO4. The fourth-order valence-electron chi connectivity index (χ4n) is 3.78. The number of esters is 1. The van der Waals surface area contributed by atoms with E-state index in [0.29, 0.717) is 17.9 Å². The Morgan fingerprint density at radius 3 is 2.20 bits per heavy atom. The second-order valence-electron chi connectivity index (χ2n) is 6.93. The molecule has 0 N–H and O–H groups in total. The van der Waals surface area contributed by atoms with Crippen molar-refractivity contribution in [2.45, 2.75) is 58.3 Å². The summed E-state index contributed by atoms with van der Waals surface area (Å²) in [7, 11) is 0. The number of anilines is 1. The number of nitrogens with zero attached hydrogens (tertiary/aromatic N) is 1. The summed E-state index contributed by atoms with van der Waals surface area (Å²) in [4.78, 5) is 38.2. The van der Waals surface area contributed by atoms with Gasteiger partial charge >= 0.3 is 5.97 Å². The van der Waals surface area contributed by atoms with E-state index in [1.165, 1.54) is 4.90 Å². The van der Waals surface area contributed by atoms with Crippen LogP contribution in [-0.4, -0.2) is 17.8 Å². The van der Waals surface area contributed by atoms with E-state index in [4.69, 9.17) is 4.74 Å². The van der Waals surface area contributed by atoms with Gasteiger partial charge in [-0.3, -0.25) is 19.3 Å². The van der Waals surface area contributed by atoms with Gasteiger partial charge in [-0.2, -0.15) is 0 Å². The van der Waals surface area contributed by atoms with Gasteiger partial charge in [0.25, 0.3) is 0 Å². The Morgan fingerprint density at radius 1 is 1.04 bits per heavy atom. The Bertz CT molecular complexity index is 628. The fraction of sp³-hybridized carbons (Fsp3) is 0.550. The van der Waals surface area contributed by atoms with Gasteiger partial charge in [0.2, 0.25) is 11.8 Å². The molecule has 2 amide bonds. The Labute approximate surface area is 148 Å². The Hall–Kier alpha value is -2.17. The molecule has 5 nitrogen and oxygen atoms in total. The first-order valence-electron chi connectivity index (χ1n) is 9.30. The van der Waals surface area contributed by atoms with Gasteiger partial charge < -0.3 is 4.74 Å². The highest BCUT2D eigenvalue weighted by molar-refractivity contribution is 6.22. The Kier molecular flexibility index (Phi) is 5.51. The standard InChI is InChI=1S/C20H25NO4/c1-2-3-4-9-18(22)25-15-12-10-14(11-13-15)21-19(23)16-7-5-6-8-17(16)20(21)24/h10-13,16-17H,2-9H2,1H3/t16-,17-/m0/s1. The normalized spacial score (nSPS) is 22.8. The number of ether oxygens (including phenoxy) is 1. The number of carbonyl (C=O) groups excluding carboxylic acids is 3. The van der Waals surface area contributed by atoms with E-state index in [0.717, 1.165) is 44.9 Å². The molecule has 0 aromatic heterocycles. The van der Waals surface area contributed by atoms with Crippen LogP contribution in [0.5, 0.6) is 5.75 Å². The molecule has 2 atom stereocenters. The average molecular weight is 343 g/mol. The van der Waals surface area contributed by atoms with E-state index in [1.54, 1.807) is 24.3 Å². The zero-order valence-corrected chi connectivity index (χ0v) is 14.7. The summed E-state index contributed by atoms with van der Waals surface area (Å²) in [6.45, 7) is 2.08. The van der Waals surface area contributed by atoms with Crippen molar-refractivity contribution in [3.63, 3.8) is 0 Å². The zero-order chi connectivity index (χ0) is 17.8. The van der Waals surface area contributed by atoms with Crippen LogP contribution in [0.1, 0.15) is 58.3 Å². The monoisotopic (exact) mass is 343 g/mol. The maximum atomic E-state index is 12.6. The van der Waals surface area contributed by atoms with Crippen LogP contribution in [0.25, 0.3) is 0 Å². The fourth-order valence-corrected chi connectivity index (χ4v) is 3.78. The predicted octanol–water partition coefficient (Wildman–Crippen LogP) is 3.85. The summed E-state index contributed by atoms with van der Waals surface area (Å²) < 4.78 is 5.30.